The molecule has 0 radical (unpaired) electrons. The Morgan fingerprint density at radius 2 is 1.86 bits per heavy atom. The molecule has 0 aromatic heterocycles. The zero-order chi connectivity index (χ0) is 15.6. The van der Waals surface area contributed by atoms with Crippen LogP contribution in [0.2, 0.25) is 0 Å². The van der Waals surface area contributed by atoms with Gasteiger partial charge in [0.1, 0.15) is 0 Å². The first-order chi connectivity index (χ1) is 10.1. The molecule has 0 aromatic carbocycles. The lowest BCUT2D eigenvalue weighted by atomic mass is 9.77. The topological polar surface area (TPSA) is 29.1 Å². The van der Waals surface area contributed by atoms with Gasteiger partial charge in [-0.2, -0.15) is 0 Å². The molecule has 124 valence electrons. The average Bonchev–Trinajstić information content (AvgIpc) is 2.46. The van der Waals surface area contributed by atoms with Crippen molar-refractivity contribution in [1.82, 2.24) is 5.32 Å². The highest BCUT2D eigenvalue weighted by molar-refractivity contribution is 9.09. The second-order valence-corrected chi connectivity index (χ2v) is 7.60. The van der Waals surface area contributed by atoms with E-state index in [2.05, 4.69) is 35.1 Å². The van der Waals surface area contributed by atoms with Crippen LogP contribution >= 0.6 is 15.9 Å². The fraction of sp³-hybridized carbons (Fsp3) is 0.944. The van der Waals surface area contributed by atoms with Crippen LogP contribution in [-0.2, 0) is 4.79 Å². The lowest BCUT2D eigenvalue weighted by molar-refractivity contribution is -0.123. The van der Waals surface area contributed by atoms with E-state index in [0.29, 0.717) is 6.42 Å². The van der Waals surface area contributed by atoms with Gasteiger partial charge in [0, 0.05) is 17.3 Å². The summed E-state index contributed by atoms with van der Waals surface area (Å²) < 4.78 is 0. The number of hydrogen-bond acceptors (Lipinski definition) is 1. The summed E-state index contributed by atoms with van der Waals surface area (Å²) in [7, 11) is 0. The molecule has 1 N–H and O–H groups in total. The first-order valence-corrected chi connectivity index (χ1v) is 10.1. The van der Waals surface area contributed by atoms with E-state index in [4.69, 9.17) is 0 Å². The van der Waals surface area contributed by atoms with E-state index < -0.39 is 0 Å². The third kappa shape index (κ3) is 7.67. The van der Waals surface area contributed by atoms with Crippen molar-refractivity contribution >= 4 is 21.8 Å². The third-order valence-corrected chi connectivity index (χ3v) is 5.83. The number of halogens is 1. The molecule has 0 heterocycles. The van der Waals surface area contributed by atoms with E-state index >= 15 is 0 Å². The molecule has 3 heteroatoms. The Morgan fingerprint density at radius 1 is 1.19 bits per heavy atom. The van der Waals surface area contributed by atoms with Gasteiger partial charge in [0.15, 0.2) is 0 Å². The fourth-order valence-corrected chi connectivity index (χ4v) is 4.18. The summed E-state index contributed by atoms with van der Waals surface area (Å²) in [5.41, 5.74) is 0.0237. The minimum Gasteiger partial charge on any atom is -0.350 e. The summed E-state index contributed by atoms with van der Waals surface area (Å²) in [6.07, 6.45) is 14.4. The summed E-state index contributed by atoms with van der Waals surface area (Å²) in [6.45, 7) is 4.55. The Hall–Kier alpha value is -0.0500. The normalized spacial score (nSPS) is 25.8. The van der Waals surface area contributed by atoms with Crippen molar-refractivity contribution in [1.29, 1.82) is 0 Å². The Bertz CT molecular complexity index is 295. The highest BCUT2D eigenvalue weighted by atomic mass is 79.9. The number of amides is 1. The molecule has 0 aromatic rings. The quantitative estimate of drug-likeness (QED) is 0.399. The molecular weight excluding hydrogens is 326 g/mol. The highest BCUT2D eigenvalue weighted by Gasteiger charge is 2.35. The summed E-state index contributed by atoms with van der Waals surface area (Å²) in [5.74, 6) is 0.993. The molecule has 2 nitrogen and oxygen atoms in total. The molecule has 2 unspecified atom stereocenters. The molecule has 0 aliphatic heterocycles. The highest BCUT2D eigenvalue weighted by Crippen LogP contribution is 2.33. The van der Waals surface area contributed by atoms with Crippen LogP contribution in [0.1, 0.15) is 90.9 Å². The number of nitrogens with one attached hydrogen (secondary N) is 1. The van der Waals surface area contributed by atoms with Crippen LogP contribution in [0.4, 0.5) is 0 Å². The number of carbonyl (C=O) groups excluding carboxylic acids is 1. The number of alkyl halides is 1. The Balaban J connectivity index is 2.17. The smallest absolute Gasteiger partial charge is 0.220 e. The van der Waals surface area contributed by atoms with E-state index in [1.54, 1.807) is 0 Å². The van der Waals surface area contributed by atoms with Crippen molar-refractivity contribution in [2.75, 3.05) is 5.33 Å². The fourth-order valence-electron chi connectivity index (χ4n) is 3.53. The predicted molar refractivity (Wildman–Crippen MR) is 94.9 cm³/mol. The van der Waals surface area contributed by atoms with Gasteiger partial charge in [-0.3, -0.25) is 4.79 Å². The zero-order valence-corrected chi connectivity index (χ0v) is 15.6. The maximum absolute atomic E-state index is 12.2. The van der Waals surface area contributed by atoms with Gasteiger partial charge in [0.05, 0.1) is 0 Å². The average molecular weight is 360 g/mol. The molecule has 1 aliphatic carbocycles. The molecule has 0 spiro atoms. The van der Waals surface area contributed by atoms with Crippen molar-refractivity contribution in [3.8, 4) is 0 Å². The van der Waals surface area contributed by atoms with Gasteiger partial charge in [-0.1, -0.05) is 81.1 Å². The Morgan fingerprint density at radius 3 is 2.48 bits per heavy atom. The minimum absolute atomic E-state index is 0.0237. The van der Waals surface area contributed by atoms with E-state index in [9.17, 15) is 4.79 Å². The molecule has 1 aliphatic rings. The van der Waals surface area contributed by atoms with Gasteiger partial charge < -0.3 is 5.32 Å². The summed E-state index contributed by atoms with van der Waals surface area (Å²) in [6, 6.07) is 0. The second kappa shape index (κ2) is 10.6. The van der Waals surface area contributed by atoms with Gasteiger partial charge >= 0.3 is 0 Å². The molecule has 21 heavy (non-hydrogen) atoms. The molecule has 1 saturated carbocycles. The predicted octanol–water partition coefficient (Wildman–Crippen LogP) is 5.59. The van der Waals surface area contributed by atoms with Gasteiger partial charge in [0.25, 0.3) is 0 Å². The molecule has 1 rings (SSSR count). The first-order valence-electron chi connectivity index (χ1n) is 8.99. The van der Waals surface area contributed by atoms with Crippen LogP contribution in [0.5, 0.6) is 0 Å². The van der Waals surface area contributed by atoms with Crippen LogP contribution in [0.15, 0.2) is 0 Å². The molecule has 2 atom stereocenters. The van der Waals surface area contributed by atoms with Crippen LogP contribution in [0.25, 0.3) is 0 Å². The van der Waals surface area contributed by atoms with Gasteiger partial charge in [-0.15, -0.1) is 0 Å². The van der Waals surface area contributed by atoms with Crippen molar-refractivity contribution in [3.05, 3.63) is 0 Å². The monoisotopic (exact) mass is 359 g/mol. The molecule has 0 bridgehead atoms. The number of hydrogen-bond donors (Lipinski definition) is 1. The van der Waals surface area contributed by atoms with Crippen LogP contribution in [-0.4, -0.2) is 16.8 Å². The van der Waals surface area contributed by atoms with Crippen molar-refractivity contribution in [2.24, 2.45) is 5.92 Å². The molecule has 0 saturated heterocycles. The first kappa shape index (κ1) is 19.0. The van der Waals surface area contributed by atoms with Crippen LogP contribution < -0.4 is 5.32 Å². The summed E-state index contributed by atoms with van der Waals surface area (Å²) in [5, 5.41) is 4.23. The number of rotatable bonds is 10. The Labute approximate surface area is 140 Å². The van der Waals surface area contributed by atoms with E-state index in [-0.39, 0.29) is 11.4 Å². The lowest BCUT2D eigenvalue weighted by Crippen LogP contribution is -2.52. The molecule has 1 amide bonds. The maximum Gasteiger partial charge on any atom is 0.220 e. The summed E-state index contributed by atoms with van der Waals surface area (Å²) >= 11 is 3.63. The molecular formula is C18H34BrNO. The number of unbranched alkanes of at least 4 members (excludes halogenated alkanes) is 6. The van der Waals surface area contributed by atoms with Crippen molar-refractivity contribution in [2.45, 2.75) is 96.4 Å². The second-order valence-electron chi connectivity index (χ2n) is 7.03. The van der Waals surface area contributed by atoms with Crippen LogP contribution in [0, 0.1) is 5.92 Å². The maximum atomic E-state index is 12.2. The van der Waals surface area contributed by atoms with Gasteiger partial charge in [0.2, 0.25) is 5.91 Å². The van der Waals surface area contributed by atoms with Crippen LogP contribution in [0.3, 0.4) is 0 Å². The van der Waals surface area contributed by atoms with E-state index in [0.717, 1.165) is 30.5 Å². The van der Waals surface area contributed by atoms with Gasteiger partial charge in [-0.25, -0.2) is 0 Å². The lowest BCUT2D eigenvalue weighted by Gasteiger charge is -2.39. The standard InChI is InChI=1S/C18H34BrNO/c1-3-4-5-6-7-8-9-12-17(21)20-18(15-19)13-10-11-16(2)14-18/h16H,3-15H2,1-2H3,(H,20,21). The Kier molecular flexibility index (Phi) is 9.62. The van der Waals surface area contributed by atoms with E-state index in [1.807, 2.05) is 0 Å². The minimum atomic E-state index is 0.0237. The largest absolute Gasteiger partial charge is 0.350 e. The SMILES string of the molecule is CCCCCCCCCC(=O)NC1(CBr)CCCC(C)C1. The van der Waals surface area contributed by atoms with Crippen molar-refractivity contribution < 1.29 is 4.79 Å². The zero-order valence-electron chi connectivity index (χ0n) is 14.1. The molecule has 1 fully saturated rings. The van der Waals surface area contributed by atoms with Gasteiger partial charge in [-0.05, 0) is 25.2 Å². The third-order valence-electron chi connectivity index (χ3n) is 4.76. The summed E-state index contributed by atoms with van der Waals surface area (Å²) in [4.78, 5) is 12.2. The number of carbonyl (C=O) groups is 1. The van der Waals surface area contributed by atoms with Crippen molar-refractivity contribution in [3.63, 3.8) is 0 Å². The van der Waals surface area contributed by atoms with E-state index in [1.165, 1.54) is 51.4 Å².